The summed E-state index contributed by atoms with van der Waals surface area (Å²) >= 11 is 0. The van der Waals surface area contributed by atoms with Gasteiger partial charge in [-0.2, -0.15) is 8.78 Å². The summed E-state index contributed by atoms with van der Waals surface area (Å²) in [6.07, 6.45) is 0. The van der Waals surface area contributed by atoms with Crippen LogP contribution in [0.4, 0.5) is 8.78 Å². The number of halogens is 2. The predicted octanol–water partition coefficient (Wildman–Crippen LogP) is -2.57. The molecule has 8 heteroatoms. The van der Waals surface area contributed by atoms with Gasteiger partial charge in [0, 0.05) is 0 Å². The number of phosphoric acid groups is 1. The van der Waals surface area contributed by atoms with Crippen molar-refractivity contribution in [3.63, 3.8) is 0 Å². The summed E-state index contributed by atoms with van der Waals surface area (Å²) in [6.45, 7) is -3.42. The minimum atomic E-state index is -4.97. The average Bonchev–Trinajstić information content (AvgIpc) is 1.21. The Morgan fingerprint density at radius 2 is 1.89 bits per heavy atom. The van der Waals surface area contributed by atoms with Gasteiger partial charge in [-0.15, -0.1) is 0 Å². The third kappa shape index (κ3) is 11.9. The molecular formula is CH4F2LiO4P. The molecule has 0 bridgehead atoms. The zero-order valence-electron chi connectivity index (χ0n) is 5.49. The Labute approximate surface area is 63.1 Å². The number of hydrogen-bond acceptors (Lipinski definition) is 2. The van der Waals surface area contributed by atoms with Crippen LogP contribution in [0.3, 0.4) is 0 Å². The second-order valence-corrected chi connectivity index (χ2v) is 2.05. The van der Waals surface area contributed by atoms with Gasteiger partial charge in [0.1, 0.15) is 0 Å². The molecule has 4 nitrogen and oxygen atoms in total. The van der Waals surface area contributed by atoms with Crippen molar-refractivity contribution in [3.8, 4) is 0 Å². The van der Waals surface area contributed by atoms with E-state index in [9.17, 15) is 13.3 Å². The molecule has 0 aliphatic carbocycles. The second-order valence-electron chi connectivity index (χ2n) is 0.857. The molecule has 0 aliphatic heterocycles. The van der Waals surface area contributed by atoms with Crippen LogP contribution in [0.5, 0.6) is 0 Å². The van der Waals surface area contributed by atoms with E-state index in [1.165, 1.54) is 0 Å². The van der Waals surface area contributed by atoms with Gasteiger partial charge in [-0.3, -0.25) is 0 Å². The molecule has 0 saturated carbocycles. The van der Waals surface area contributed by atoms with Crippen LogP contribution >= 0.6 is 7.82 Å². The molecule has 0 spiro atoms. The Kier molecular flexibility index (Phi) is 5.99. The minimum Gasteiger partial charge on any atom is -1.00 e. The van der Waals surface area contributed by atoms with Gasteiger partial charge in [-0.05, 0) is 0 Å². The number of alkyl halides is 2. The van der Waals surface area contributed by atoms with Gasteiger partial charge in [0.05, 0.1) is 0 Å². The van der Waals surface area contributed by atoms with Crippen LogP contribution in [-0.4, -0.2) is 16.4 Å². The fraction of sp³-hybridized carbons (Fsp3) is 1.00. The third-order valence-corrected chi connectivity index (χ3v) is 0.651. The largest absolute Gasteiger partial charge is 1.00 e. The van der Waals surface area contributed by atoms with Crippen LogP contribution in [-0.2, 0) is 9.09 Å². The van der Waals surface area contributed by atoms with Crippen molar-refractivity contribution in [1.82, 2.24) is 0 Å². The summed E-state index contributed by atoms with van der Waals surface area (Å²) in [5, 5.41) is 0. The Morgan fingerprint density at radius 1 is 1.56 bits per heavy atom. The van der Waals surface area contributed by atoms with Crippen LogP contribution < -0.4 is 18.9 Å². The maximum atomic E-state index is 10.8. The maximum absolute atomic E-state index is 10.8. The first-order valence-electron chi connectivity index (χ1n) is 1.44. The molecule has 0 saturated heterocycles. The Morgan fingerprint density at radius 3 is 1.89 bits per heavy atom. The molecule has 0 unspecified atom stereocenters. The number of rotatable bonds is 2. The van der Waals surface area contributed by atoms with Crippen molar-refractivity contribution in [3.05, 3.63) is 0 Å². The van der Waals surface area contributed by atoms with Gasteiger partial charge in [-0.25, -0.2) is 9.09 Å². The fourth-order valence-electron chi connectivity index (χ4n) is 0.104. The van der Waals surface area contributed by atoms with Crippen LogP contribution in [0.25, 0.3) is 0 Å². The molecule has 2 N–H and O–H groups in total. The van der Waals surface area contributed by atoms with E-state index in [0.717, 1.165) is 0 Å². The molecule has 0 radical (unpaired) electrons. The Hall–Kier alpha value is 0.567. The SMILES string of the molecule is O=P(O)(O)OC(F)F.[H-].[Li+]. The van der Waals surface area contributed by atoms with Crippen LogP contribution in [0.15, 0.2) is 0 Å². The molecule has 9 heavy (non-hydrogen) atoms. The van der Waals surface area contributed by atoms with Crippen molar-refractivity contribution in [2.24, 2.45) is 0 Å². The summed E-state index contributed by atoms with van der Waals surface area (Å²) in [5.74, 6) is 0. The van der Waals surface area contributed by atoms with Gasteiger partial charge in [-0.1, -0.05) is 0 Å². The summed E-state index contributed by atoms with van der Waals surface area (Å²) in [5.41, 5.74) is 0. The van der Waals surface area contributed by atoms with Crippen LogP contribution in [0.1, 0.15) is 1.43 Å². The molecule has 0 rings (SSSR count). The van der Waals surface area contributed by atoms with Gasteiger partial charge >= 0.3 is 33.3 Å². The molecule has 0 heterocycles. The normalized spacial score (nSPS) is 11.2. The van der Waals surface area contributed by atoms with Crippen molar-refractivity contribution < 1.29 is 47.9 Å². The van der Waals surface area contributed by atoms with Gasteiger partial charge < -0.3 is 11.2 Å². The van der Waals surface area contributed by atoms with Crippen molar-refractivity contribution in [1.29, 1.82) is 0 Å². The standard InChI is InChI=1S/CH3F2O4P.Li.H/c2-1(3)7-8(4,5)6;;/h1H,(H2,4,5,6);;/q;+1;-1. The first-order chi connectivity index (χ1) is 3.42. The van der Waals surface area contributed by atoms with E-state index in [1.807, 2.05) is 0 Å². The van der Waals surface area contributed by atoms with E-state index >= 15 is 0 Å². The van der Waals surface area contributed by atoms with Crippen molar-refractivity contribution in [2.75, 3.05) is 0 Å². The van der Waals surface area contributed by atoms with Crippen LogP contribution in [0, 0.1) is 0 Å². The summed E-state index contributed by atoms with van der Waals surface area (Å²) in [6, 6.07) is 0. The van der Waals surface area contributed by atoms with E-state index in [2.05, 4.69) is 4.52 Å². The topological polar surface area (TPSA) is 66.8 Å². The monoisotopic (exact) mass is 156 g/mol. The van der Waals surface area contributed by atoms with Crippen molar-refractivity contribution >= 4 is 7.82 Å². The zero-order valence-corrected chi connectivity index (χ0v) is 5.39. The number of phosphoric ester groups is 1. The molecule has 0 aliphatic rings. The van der Waals surface area contributed by atoms with E-state index in [1.54, 1.807) is 0 Å². The van der Waals surface area contributed by atoms with E-state index in [-0.39, 0.29) is 20.3 Å². The Bertz CT molecular complexity index is 116. The first kappa shape index (κ1) is 12.3. The summed E-state index contributed by atoms with van der Waals surface area (Å²) in [4.78, 5) is 15.2. The Balaban J connectivity index is -0.000000245. The minimum absolute atomic E-state index is 0. The predicted molar refractivity (Wildman–Crippen MR) is 20.2 cm³/mol. The van der Waals surface area contributed by atoms with Crippen LogP contribution in [0.2, 0.25) is 0 Å². The van der Waals surface area contributed by atoms with Gasteiger partial charge in [0.2, 0.25) is 0 Å². The van der Waals surface area contributed by atoms with E-state index < -0.39 is 14.4 Å². The van der Waals surface area contributed by atoms with Crippen molar-refractivity contribution in [2.45, 2.75) is 6.61 Å². The number of hydrogen-bond donors (Lipinski definition) is 2. The summed E-state index contributed by atoms with van der Waals surface area (Å²) in [7, 11) is -4.97. The van der Waals surface area contributed by atoms with E-state index in [0.29, 0.717) is 0 Å². The fourth-order valence-corrected chi connectivity index (χ4v) is 0.311. The maximum Gasteiger partial charge on any atom is 1.00 e. The molecule has 0 aromatic carbocycles. The zero-order chi connectivity index (χ0) is 6.78. The molecule has 0 atom stereocenters. The quantitative estimate of drug-likeness (QED) is 0.340. The van der Waals surface area contributed by atoms with Gasteiger partial charge in [0.15, 0.2) is 0 Å². The molecule has 0 aromatic rings. The third-order valence-electron chi connectivity index (χ3n) is 0.217. The average molecular weight is 156 g/mol. The molecule has 52 valence electrons. The molecule has 0 fully saturated rings. The summed E-state index contributed by atoms with van der Waals surface area (Å²) < 4.78 is 33.8. The molecule has 0 aromatic heterocycles. The van der Waals surface area contributed by atoms with Gasteiger partial charge in [0.25, 0.3) is 0 Å². The molecular weight excluding hydrogens is 152 g/mol. The van der Waals surface area contributed by atoms with E-state index in [4.69, 9.17) is 9.79 Å². The first-order valence-corrected chi connectivity index (χ1v) is 2.97. The molecule has 0 amide bonds. The smallest absolute Gasteiger partial charge is 1.00 e. The second kappa shape index (κ2) is 4.39.